The first kappa shape index (κ1) is 13.7. The Labute approximate surface area is 115 Å². The predicted octanol–water partition coefficient (Wildman–Crippen LogP) is 3.57. The van der Waals surface area contributed by atoms with E-state index in [1.165, 1.54) is 11.1 Å². The zero-order valence-corrected chi connectivity index (χ0v) is 12.3. The highest BCUT2D eigenvalue weighted by Gasteiger charge is 2.18. The average molecular weight is 257 g/mol. The van der Waals surface area contributed by atoms with Crippen LogP contribution >= 0.6 is 0 Å². The molecule has 0 spiro atoms. The maximum atomic E-state index is 6.22. The summed E-state index contributed by atoms with van der Waals surface area (Å²) in [5.74, 6) is 1.38. The Balaban J connectivity index is 2.53. The van der Waals surface area contributed by atoms with Crippen molar-refractivity contribution < 1.29 is 0 Å². The first-order valence-electron chi connectivity index (χ1n) is 6.91. The molecule has 19 heavy (non-hydrogen) atoms. The molecular weight excluding hydrogens is 234 g/mol. The largest absolute Gasteiger partial charge is 0.383 e. The lowest BCUT2D eigenvalue weighted by molar-refractivity contribution is 0.547. The second kappa shape index (κ2) is 5.47. The molecule has 1 aromatic carbocycles. The minimum absolute atomic E-state index is 0.622. The number of nitrogens with zero attached hydrogens (tertiary/aromatic N) is 2. The van der Waals surface area contributed by atoms with E-state index in [4.69, 9.17) is 5.73 Å². The van der Waals surface area contributed by atoms with Crippen molar-refractivity contribution in [1.29, 1.82) is 0 Å². The quantitative estimate of drug-likeness (QED) is 0.910. The molecule has 0 aliphatic carbocycles. The van der Waals surface area contributed by atoms with E-state index >= 15 is 0 Å². The molecule has 1 heterocycles. The van der Waals surface area contributed by atoms with Crippen molar-refractivity contribution in [3.63, 3.8) is 0 Å². The van der Waals surface area contributed by atoms with Crippen molar-refractivity contribution in [2.45, 2.75) is 33.6 Å². The van der Waals surface area contributed by atoms with Crippen molar-refractivity contribution in [2.75, 3.05) is 5.73 Å². The first-order valence-corrected chi connectivity index (χ1v) is 6.91. The number of benzene rings is 1. The van der Waals surface area contributed by atoms with Gasteiger partial charge in [-0.25, -0.2) is 0 Å². The van der Waals surface area contributed by atoms with Gasteiger partial charge in [-0.3, -0.25) is 4.68 Å². The van der Waals surface area contributed by atoms with Crippen LogP contribution in [0.5, 0.6) is 0 Å². The van der Waals surface area contributed by atoms with E-state index in [0.717, 1.165) is 29.9 Å². The summed E-state index contributed by atoms with van der Waals surface area (Å²) in [6.45, 7) is 6.59. The summed E-state index contributed by atoms with van der Waals surface area (Å²) in [5.41, 5.74) is 10.9. The molecule has 0 radical (unpaired) electrons. The third-order valence-electron chi connectivity index (χ3n) is 3.82. The Morgan fingerprint density at radius 3 is 2.63 bits per heavy atom. The fourth-order valence-corrected chi connectivity index (χ4v) is 2.36. The summed E-state index contributed by atoms with van der Waals surface area (Å²) < 4.78 is 1.79. The second-order valence-corrected chi connectivity index (χ2v) is 5.36. The predicted molar refractivity (Wildman–Crippen MR) is 81.0 cm³/mol. The number of aryl methyl sites for hydroxylation is 2. The maximum Gasteiger partial charge on any atom is 0.129 e. The lowest BCUT2D eigenvalue weighted by Crippen LogP contribution is -2.01. The zero-order valence-electron chi connectivity index (χ0n) is 12.3. The van der Waals surface area contributed by atoms with Gasteiger partial charge in [0.15, 0.2) is 0 Å². The molecule has 2 aromatic rings. The summed E-state index contributed by atoms with van der Waals surface area (Å²) >= 11 is 0. The molecule has 1 aromatic heterocycles. The number of nitrogen functional groups attached to an aromatic ring is 1. The Kier molecular flexibility index (Phi) is 3.93. The van der Waals surface area contributed by atoms with Crippen molar-refractivity contribution >= 4 is 5.82 Å². The molecule has 3 nitrogen and oxygen atoms in total. The van der Waals surface area contributed by atoms with Gasteiger partial charge in [-0.2, -0.15) is 5.10 Å². The fraction of sp³-hybridized carbons (Fsp3) is 0.438. The molecule has 1 atom stereocenters. The topological polar surface area (TPSA) is 43.8 Å². The fourth-order valence-electron chi connectivity index (χ4n) is 2.36. The van der Waals surface area contributed by atoms with E-state index in [0.29, 0.717) is 5.92 Å². The molecule has 1 unspecified atom stereocenters. The molecule has 2 rings (SSSR count). The second-order valence-electron chi connectivity index (χ2n) is 5.36. The standard InChI is InChI=1S/C16H23N3/c1-5-11(2)10-14-15(16(17)19(4)18-14)13-9-7-6-8-12(13)3/h6-9,11H,5,10,17H2,1-4H3. The minimum Gasteiger partial charge on any atom is -0.383 e. The molecule has 0 bridgehead atoms. The molecule has 0 saturated heterocycles. The normalized spacial score (nSPS) is 12.6. The molecule has 3 heteroatoms. The minimum atomic E-state index is 0.622. The van der Waals surface area contributed by atoms with E-state index in [2.05, 4.69) is 50.1 Å². The van der Waals surface area contributed by atoms with Crippen LogP contribution in [0.2, 0.25) is 0 Å². The molecule has 0 fully saturated rings. The van der Waals surface area contributed by atoms with Crippen molar-refractivity contribution in [1.82, 2.24) is 9.78 Å². The van der Waals surface area contributed by atoms with Gasteiger partial charge in [0.05, 0.1) is 5.69 Å². The van der Waals surface area contributed by atoms with Gasteiger partial charge in [0, 0.05) is 12.6 Å². The number of hydrogen-bond donors (Lipinski definition) is 1. The van der Waals surface area contributed by atoms with E-state index in [9.17, 15) is 0 Å². The molecular formula is C16H23N3. The Morgan fingerprint density at radius 2 is 2.00 bits per heavy atom. The first-order chi connectivity index (χ1) is 9.04. The molecule has 102 valence electrons. The summed E-state index contributed by atoms with van der Waals surface area (Å²) in [7, 11) is 1.91. The van der Waals surface area contributed by atoms with Crippen molar-refractivity contribution in [2.24, 2.45) is 13.0 Å². The van der Waals surface area contributed by atoms with Gasteiger partial charge in [-0.15, -0.1) is 0 Å². The Hall–Kier alpha value is -1.77. The number of rotatable bonds is 4. The third kappa shape index (κ3) is 2.65. The van der Waals surface area contributed by atoms with Gasteiger partial charge in [0.2, 0.25) is 0 Å². The lowest BCUT2D eigenvalue weighted by Gasteiger charge is -2.10. The van der Waals surface area contributed by atoms with Crippen LogP contribution in [-0.4, -0.2) is 9.78 Å². The molecule has 0 amide bonds. The smallest absolute Gasteiger partial charge is 0.129 e. The molecule has 0 aliphatic rings. The van der Waals surface area contributed by atoms with Crippen LogP contribution in [0.4, 0.5) is 5.82 Å². The van der Waals surface area contributed by atoms with Crippen LogP contribution in [0.15, 0.2) is 24.3 Å². The Bertz CT molecular complexity index is 569. The summed E-state index contributed by atoms with van der Waals surface area (Å²) in [6, 6.07) is 8.36. The highest BCUT2D eigenvalue weighted by atomic mass is 15.3. The van der Waals surface area contributed by atoms with Crippen LogP contribution in [0.1, 0.15) is 31.5 Å². The lowest BCUT2D eigenvalue weighted by atomic mass is 9.95. The highest BCUT2D eigenvalue weighted by Crippen LogP contribution is 2.33. The third-order valence-corrected chi connectivity index (χ3v) is 3.82. The monoisotopic (exact) mass is 257 g/mol. The van der Waals surface area contributed by atoms with Gasteiger partial charge in [-0.1, -0.05) is 44.5 Å². The SMILES string of the molecule is CCC(C)Cc1nn(C)c(N)c1-c1ccccc1C. The van der Waals surface area contributed by atoms with Crippen molar-refractivity contribution in [3.8, 4) is 11.1 Å². The van der Waals surface area contributed by atoms with Crippen LogP contribution in [-0.2, 0) is 13.5 Å². The van der Waals surface area contributed by atoms with E-state index in [-0.39, 0.29) is 0 Å². The molecule has 0 aliphatic heterocycles. The number of aromatic nitrogens is 2. The van der Waals surface area contributed by atoms with E-state index in [1.807, 2.05) is 7.05 Å². The average Bonchev–Trinajstić information content (AvgIpc) is 2.66. The van der Waals surface area contributed by atoms with Crippen LogP contribution < -0.4 is 5.73 Å². The number of anilines is 1. The van der Waals surface area contributed by atoms with Crippen LogP contribution in [0.3, 0.4) is 0 Å². The Morgan fingerprint density at radius 1 is 1.32 bits per heavy atom. The van der Waals surface area contributed by atoms with Gasteiger partial charge < -0.3 is 5.73 Å². The summed E-state index contributed by atoms with van der Waals surface area (Å²) in [4.78, 5) is 0. The van der Waals surface area contributed by atoms with E-state index in [1.54, 1.807) is 4.68 Å². The van der Waals surface area contributed by atoms with E-state index < -0.39 is 0 Å². The highest BCUT2D eigenvalue weighted by molar-refractivity contribution is 5.78. The molecule has 0 saturated carbocycles. The number of nitrogens with two attached hydrogens (primary N) is 1. The van der Waals surface area contributed by atoms with Gasteiger partial charge >= 0.3 is 0 Å². The summed E-state index contributed by atoms with van der Waals surface area (Å²) in [6.07, 6.45) is 2.13. The van der Waals surface area contributed by atoms with Gasteiger partial charge in [0.25, 0.3) is 0 Å². The van der Waals surface area contributed by atoms with Crippen LogP contribution in [0.25, 0.3) is 11.1 Å². The van der Waals surface area contributed by atoms with Gasteiger partial charge in [0.1, 0.15) is 5.82 Å². The zero-order chi connectivity index (χ0) is 14.0. The number of hydrogen-bond acceptors (Lipinski definition) is 2. The summed E-state index contributed by atoms with van der Waals surface area (Å²) in [5, 5.41) is 4.61. The van der Waals surface area contributed by atoms with Crippen molar-refractivity contribution in [3.05, 3.63) is 35.5 Å². The maximum absolute atomic E-state index is 6.22. The van der Waals surface area contributed by atoms with Gasteiger partial charge in [-0.05, 0) is 30.4 Å². The van der Waals surface area contributed by atoms with Crippen LogP contribution in [0, 0.1) is 12.8 Å². The molecule has 2 N–H and O–H groups in total.